The molecule has 0 saturated heterocycles. The summed E-state index contributed by atoms with van der Waals surface area (Å²) in [5, 5.41) is 4.07. The van der Waals surface area contributed by atoms with Gasteiger partial charge < -0.3 is 4.52 Å². The second-order valence-electron chi connectivity index (χ2n) is 4.77. The lowest BCUT2D eigenvalue weighted by molar-refractivity contribution is 0.630. The molecule has 116 valence electrons. The minimum atomic E-state index is -1.07. The van der Waals surface area contributed by atoms with Crippen LogP contribution in [0.4, 0.5) is 0 Å². The average Bonchev–Trinajstić information content (AvgIpc) is 2.56. The molecule has 0 fully saturated rings. The topological polar surface area (TPSA) is 9.23 Å². The normalized spacial score (nSPS) is 10.8. The van der Waals surface area contributed by atoms with Gasteiger partial charge >= 0.3 is 0 Å². The van der Waals surface area contributed by atoms with Crippen LogP contribution in [0, 0.1) is 0 Å². The fourth-order valence-corrected chi connectivity index (χ4v) is 4.21. The predicted molar refractivity (Wildman–Crippen MR) is 101 cm³/mol. The first-order valence-corrected chi connectivity index (χ1v) is 9.26. The molecule has 0 unspecified atom stereocenters. The van der Waals surface area contributed by atoms with Gasteiger partial charge in [0.2, 0.25) is 0 Å². The number of benzene rings is 3. The first kappa shape index (κ1) is 16.6. The summed E-state index contributed by atoms with van der Waals surface area (Å²) in [6.45, 7) is 0. The largest absolute Gasteiger partial charge is 0.463 e. The molecule has 0 saturated carbocycles. The molecule has 0 amide bonds. The van der Waals surface area contributed by atoms with E-state index >= 15 is 0 Å². The summed E-state index contributed by atoms with van der Waals surface area (Å²) < 4.78 is 6.24. The molecule has 0 N–H and O–H groups in total. The Morgan fingerprint density at radius 1 is 0.609 bits per heavy atom. The van der Waals surface area contributed by atoms with Crippen molar-refractivity contribution >= 4 is 53.6 Å². The Balaban J connectivity index is 2.01. The van der Waals surface area contributed by atoms with Gasteiger partial charge in [-0.25, -0.2) is 0 Å². The third-order valence-corrected chi connectivity index (χ3v) is 5.88. The highest BCUT2D eigenvalue weighted by atomic mass is 35.5. The van der Waals surface area contributed by atoms with E-state index in [1.807, 2.05) is 72.8 Å². The van der Waals surface area contributed by atoms with Gasteiger partial charge in [-0.3, -0.25) is 0 Å². The number of hydrogen-bond acceptors (Lipinski definition) is 1. The summed E-state index contributed by atoms with van der Waals surface area (Å²) in [6.07, 6.45) is 0. The maximum atomic E-state index is 6.24. The molecule has 0 atom stereocenters. The van der Waals surface area contributed by atoms with E-state index in [-0.39, 0.29) is 0 Å². The minimum Gasteiger partial charge on any atom is -0.463 e. The predicted octanol–water partition coefficient (Wildman–Crippen LogP) is 6.07. The summed E-state index contributed by atoms with van der Waals surface area (Å²) in [6, 6.07) is 22.8. The zero-order valence-electron chi connectivity index (χ0n) is 11.9. The van der Waals surface area contributed by atoms with E-state index < -0.39 is 8.15 Å². The van der Waals surface area contributed by atoms with Crippen molar-refractivity contribution in [2.45, 2.75) is 0 Å². The molecule has 0 spiro atoms. The van der Waals surface area contributed by atoms with Crippen molar-refractivity contribution in [1.82, 2.24) is 0 Å². The van der Waals surface area contributed by atoms with E-state index in [2.05, 4.69) is 0 Å². The molecular weight excluding hydrogens is 370 g/mol. The van der Waals surface area contributed by atoms with Gasteiger partial charge in [0.15, 0.2) is 8.15 Å². The van der Waals surface area contributed by atoms with Crippen LogP contribution in [0.15, 0.2) is 72.8 Å². The van der Waals surface area contributed by atoms with Gasteiger partial charge in [0.25, 0.3) is 0 Å². The zero-order chi connectivity index (χ0) is 16.2. The summed E-state index contributed by atoms with van der Waals surface area (Å²) in [7, 11) is -1.07. The summed E-state index contributed by atoms with van der Waals surface area (Å²) in [4.78, 5) is 0. The lowest BCUT2D eigenvalue weighted by atomic mass is 10.3. The smallest absolute Gasteiger partial charge is 0.150 e. The number of halogens is 3. The van der Waals surface area contributed by atoms with Crippen LogP contribution in [0.5, 0.6) is 5.75 Å². The van der Waals surface area contributed by atoms with Gasteiger partial charge in [0.1, 0.15) is 5.75 Å². The molecule has 0 heterocycles. The van der Waals surface area contributed by atoms with Crippen LogP contribution >= 0.6 is 43.0 Å². The zero-order valence-corrected chi connectivity index (χ0v) is 15.1. The molecule has 0 aromatic heterocycles. The van der Waals surface area contributed by atoms with Crippen molar-refractivity contribution in [1.29, 1.82) is 0 Å². The molecule has 0 radical (unpaired) electrons. The third-order valence-electron chi connectivity index (χ3n) is 3.15. The van der Waals surface area contributed by atoms with Crippen LogP contribution in [0.25, 0.3) is 0 Å². The summed E-state index contributed by atoms with van der Waals surface area (Å²) in [5.74, 6) is 0.658. The molecule has 0 bridgehead atoms. The Morgan fingerprint density at radius 3 is 1.57 bits per heavy atom. The molecule has 23 heavy (non-hydrogen) atoms. The van der Waals surface area contributed by atoms with Gasteiger partial charge in [-0.15, -0.1) is 0 Å². The van der Waals surface area contributed by atoms with Crippen LogP contribution in [-0.2, 0) is 0 Å². The van der Waals surface area contributed by atoms with E-state index in [4.69, 9.17) is 39.3 Å². The van der Waals surface area contributed by atoms with Crippen molar-refractivity contribution in [3.63, 3.8) is 0 Å². The second kappa shape index (κ2) is 7.55. The highest BCUT2D eigenvalue weighted by molar-refractivity contribution is 7.68. The minimum absolute atomic E-state index is 0.586. The average molecular weight is 382 g/mol. The SMILES string of the molecule is Clc1ccc(P(Oc2ccccc2Cl)c2ccc(Cl)cc2)cc1. The lowest BCUT2D eigenvalue weighted by Gasteiger charge is -2.20. The Hall–Kier alpha value is -1.24. The van der Waals surface area contributed by atoms with E-state index in [9.17, 15) is 0 Å². The maximum Gasteiger partial charge on any atom is 0.150 e. The Labute approximate surface area is 151 Å². The maximum absolute atomic E-state index is 6.24. The van der Waals surface area contributed by atoms with Crippen LogP contribution in [0.1, 0.15) is 0 Å². The first-order chi connectivity index (χ1) is 11.1. The van der Waals surface area contributed by atoms with Gasteiger partial charge in [-0.1, -0.05) is 46.9 Å². The highest BCUT2D eigenvalue weighted by Crippen LogP contribution is 2.39. The van der Waals surface area contributed by atoms with Gasteiger partial charge in [0.05, 0.1) is 5.02 Å². The van der Waals surface area contributed by atoms with Crippen molar-refractivity contribution < 1.29 is 4.52 Å². The van der Waals surface area contributed by atoms with Crippen molar-refractivity contribution in [2.75, 3.05) is 0 Å². The van der Waals surface area contributed by atoms with Gasteiger partial charge in [0, 0.05) is 20.7 Å². The number of para-hydroxylation sites is 1. The molecule has 3 aromatic rings. The quantitative estimate of drug-likeness (QED) is 0.498. The summed E-state index contributed by atoms with van der Waals surface area (Å²) in [5.41, 5.74) is 0. The van der Waals surface area contributed by atoms with Crippen LogP contribution in [-0.4, -0.2) is 0 Å². The summed E-state index contributed by atoms with van der Waals surface area (Å²) >= 11 is 18.2. The van der Waals surface area contributed by atoms with Crippen molar-refractivity contribution in [2.24, 2.45) is 0 Å². The Kier molecular flexibility index (Phi) is 5.46. The third kappa shape index (κ3) is 4.19. The first-order valence-electron chi connectivity index (χ1n) is 6.87. The van der Waals surface area contributed by atoms with Gasteiger partial charge in [-0.05, 0) is 60.7 Å². The van der Waals surface area contributed by atoms with Crippen LogP contribution in [0.3, 0.4) is 0 Å². The van der Waals surface area contributed by atoms with E-state index in [0.29, 0.717) is 20.8 Å². The molecule has 3 aromatic carbocycles. The lowest BCUT2D eigenvalue weighted by Crippen LogP contribution is -2.15. The van der Waals surface area contributed by atoms with Crippen LogP contribution in [0.2, 0.25) is 15.1 Å². The number of rotatable bonds is 4. The fourth-order valence-electron chi connectivity index (χ4n) is 2.02. The standard InChI is InChI=1S/C18H12Cl3OP/c19-13-5-9-15(10-6-13)23(16-11-7-14(20)8-12-16)22-18-4-2-1-3-17(18)21/h1-12H. The molecule has 1 nitrogen and oxygen atoms in total. The Bertz CT molecular complexity index is 743. The molecule has 3 rings (SSSR count). The van der Waals surface area contributed by atoms with Gasteiger partial charge in [-0.2, -0.15) is 0 Å². The van der Waals surface area contributed by atoms with E-state index in [0.717, 1.165) is 10.6 Å². The second-order valence-corrected chi connectivity index (χ2v) is 7.85. The molecular formula is C18H12Cl3OP. The molecule has 0 aliphatic heterocycles. The highest BCUT2D eigenvalue weighted by Gasteiger charge is 2.18. The van der Waals surface area contributed by atoms with Crippen LogP contribution < -0.4 is 15.1 Å². The van der Waals surface area contributed by atoms with E-state index in [1.165, 1.54) is 0 Å². The molecule has 5 heteroatoms. The van der Waals surface area contributed by atoms with Crippen molar-refractivity contribution in [3.05, 3.63) is 87.9 Å². The van der Waals surface area contributed by atoms with Crippen molar-refractivity contribution in [3.8, 4) is 5.75 Å². The fraction of sp³-hybridized carbons (Fsp3) is 0. The molecule has 0 aliphatic rings. The number of hydrogen-bond donors (Lipinski definition) is 0. The van der Waals surface area contributed by atoms with E-state index in [1.54, 1.807) is 0 Å². The Morgan fingerprint density at radius 2 is 1.09 bits per heavy atom. The monoisotopic (exact) mass is 380 g/mol. The molecule has 0 aliphatic carbocycles.